The Kier molecular flexibility index (Phi) is 6.68. The van der Waals surface area contributed by atoms with E-state index in [1.165, 1.54) is 0 Å². The normalized spacial score (nSPS) is 19.2. The maximum absolute atomic E-state index is 12.9. The summed E-state index contributed by atoms with van der Waals surface area (Å²) in [5, 5.41) is 2.94. The Morgan fingerprint density at radius 1 is 1.16 bits per heavy atom. The van der Waals surface area contributed by atoms with Gasteiger partial charge in [-0.05, 0) is 49.1 Å². The second-order valence-electron chi connectivity index (χ2n) is 8.19. The first-order valence-electron chi connectivity index (χ1n) is 11.0. The van der Waals surface area contributed by atoms with Crippen molar-refractivity contribution in [2.24, 2.45) is 0 Å². The van der Waals surface area contributed by atoms with Gasteiger partial charge in [-0.3, -0.25) is 19.4 Å². The molecule has 1 aromatic heterocycles. The largest absolute Gasteiger partial charge is 0.497 e. The first-order chi connectivity index (χ1) is 15.6. The average molecular weight is 437 g/mol. The summed E-state index contributed by atoms with van der Waals surface area (Å²) < 4.78 is 5.21. The number of pyridine rings is 1. The highest BCUT2D eigenvalue weighted by Crippen LogP contribution is 2.28. The molecule has 1 atom stereocenters. The van der Waals surface area contributed by atoms with Gasteiger partial charge in [0.05, 0.1) is 7.11 Å². The van der Waals surface area contributed by atoms with Crippen molar-refractivity contribution in [2.75, 3.05) is 20.2 Å². The number of carbonyl (C=O) groups is 3. The minimum atomic E-state index is -0.454. The zero-order valence-electron chi connectivity index (χ0n) is 18.2. The molecular formula is C24H28N4O4. The van der Waals surface area contributed by atoms with Crippen molar-refractivity contribution in [3.63, 3.8) is 0 Å². The lowest BCUT2D eigenvalue weighted by molar-refractivity contribution is -0.138. The highest BCUT2D eigenvalue weighted by molar-refractivity contribution is 5.95. The summed E-state index contributed by atoms with van der Waals surface area (Å²) in [6.45, 7) is 1.49. The Labute approximate surface area is 187 Å². The van der Waals surface area contributed by atoms with Crippen LogP contribution in [0.2, 0.25) is 0 Å². The smallest absolute Gasteiger partial charge is 0.253 e. The molecule has 4 rings (SSSR count). The molecule has 3 heterocycles. The van der Waals surface area contributed by atoms with Crippen molar-refractivity contribution in [3.05, 3.63) is 59.9 Å². The number of aromatic nitrogens is 1. The number of likely N-dealkylation sites (tertiary alicyclic amines) is 2. The second kappa shape index (κ2) is 9.80. The Hall–Kier alpha value is -3.42. The molecule has 2 aliphatic heterocycles. The van der Waals surface area contributed by atoms with E-state index in [1.807, 2.05) is 23.1 Å². The van der Waals surface area contributed by atoms with Gasteiger partial charge in [0.2, 0.25) is 11.8 Å². The van der Waals surface area contributed by atoms with E-state index in [2.05, 4.69) is 10.3 Å². The number of piperidine rings is 1. The molecule has 0 aliphatic carbocycles. The quantitative estimate of drug-likeness (QED) is 0.748. The van der Waals surface area contributed by atoms with E-state index < -0.39 is 6.04 Å². The molecule has 8 nitrogen and oxygen atoms in total. The number of hydrogen-bond donors (Lipinski definition) is 1. The van der Waals surface area contributed by atoms with Crippen molar-refractivity contribution >= 4 is 17.7 Å². The fourth-order valence-corrected chi connectivity index (χ4v) is 4.51. The average Bonchev–Trinajstić information content (AvgIpc) is 3.24. The van der Waals surface area contributed by atoms with E-state index in [1.54, 1.807) is 42.6 Å². The number of rotatable bonds is 6. The molecule has 8 heteroatoms. The van der Waals surface area contributed by atoms with Gasteiger partial charge in [-0.2, -0.15) is 0 Å². The predicted octanol–water partition coefficient (Wildman–Crippen LogP) is 2.00. The van der Waals surface area contributed by atoms with Crippen LogP contribution in [0.25, 0.3) is 0 Å². The molecule has 2 aliphatic rings. The van der Waals surface area contributed by atoms with Gasteiger partial charge in [-0.25, -0.2) is 0 Å². The summed E-state index contributed by atoms with van der Waals surface area (Å²) in [5.74, 6) is 0.494. The van der Waals surface area contributed by atoms with Crippen LogP contribution < -0.4 is 10.1 Å². The maximum Gasteiger partial charge on any atom is 0.253 e. The Bertz CT molecular complexity index is 973. The standard InChI is InChI=1S/C24H28N4O4/c1-32-20-6-2-5-18(14-20)24(31)27-12-9-19(10-13-27)28-21(7-8-22(28)29)23(30)26-16-17-4-3-11-25-15-17/h2-6,11,14-15,19,21H,7-10,12-13,16H2,1H3,(H,26,30). The SMILES string of the molecule is COc1cccc(C(=O)N2CCC(N3C(=O)CCC3C(=O)NCc3cccnc3)CC2)c1. The van der Waals surface area contributed by atoms with E-state index in [4.69, 9.17) is 4.74 Å². The van der Waals surface area contributed by atoms with Crippen molar-refractivity contribution in [3.8, 4) is 5.75 Å². The third-order valence-electron chi connectivity index (χ3n) is 6.21. The maximum atomic E-state index is 12.9. The van der Waals surface area contributed by atoms with Gasteiger partial charge < -0.3 is 19.9 Å². The number of hydrogen-bond acceptors (Lipinski definition) is 5. The van der Waals surface area contributed by atoms with Gasteiger partial charge in [-0.15, -0.1) is 0 Å². The Morgan fingerprint density at radius 2 is 1.97 bits per heavy atom. The van der Waals surface area contributed by atoms with E-state index in [9.17, 15) is 14.4 Å². The van der Waals surface area contributed by atoms with Crippen LogP contribution in [0, 0.1) is 0 Å². The fraction of sp³-hybridized carbons (Fsp3) is 0.417. The van der Waals surface area contributed by atoms with Crippen LogP contribution in [-0.2, 0) is 16.1 Å². The molecule has 1 N–H and O–H groups in total. The first-order valence-corrected chi connectivity index (χ1v) is 11.0. The monoisotopic (exact) mass is 436 g/mol. The van der Waals surface area contributed by atoms with Gasteiger partial charge in [0.25, 0.3) is 5.91 Å². The van der Waals surface area contributed by atoms with Crippen molar-refractivity contribution < 1.29 is 19.1 Å². The topological polar surface area (TPSA) is 91.8 Å². The van der Waals surface area contributed by atoms with Crippen molar-refractivity contribution in [2.45, 2.75) is 44.3 Å². The van der Waals surface area contributed by atoms with Gasteiger partial charge in [-0.1, -0.05) is 12.1 Å². The molecule has 2 aromatic rings. The van der Waals surface area contributed by atoms with Crippen LogP contribution in [0.5, 0.6) is 5.75 Å². The summed E-state index contributed by atoms with van der Waals surface area (Å²) in [7, 11) is 1.57. The summed E-state index contributed by atoms with van der Waals surface area (Å²) in [5.41, 5.74) is 1.51. The fourth-order valence-electron chi connectivity index (χ4n) is 4.51. The molecule has 168 valence electrons. The highest BCUT2D eigenvalue weighted by atomic mass is 16.5. The van der Waals surface area contributed by atoms with Gasteiger partial charge >= 0.3 is 0 Å². The zero-order chi connectivity index (χ0) is 22.5. The minimum Gasteiger partial charge on any atom is -0.497 e. The Morgan fingerprint density at radius 3 is 2.69 bits per heavy atom. The molecule has 1 unspecified atom stereocenters. The van der Waals surface area contributed by atoms with Crippen molar-refractivity contribution in [1.29, 1.82) is 0 Å². The zero-order valence-corrected chi connectivity index (χ0v) is 18.2. The third kappa shape index (κ3) is 4.74. The minimum absolute atomic E-state index is 0.0177. The molecule has 2 fully saturated rings. The molecule has 2 saturated heterocycles. The molecule has 3 amide bonds. The van der Waals surface area contributed by atoms with Crippen LogP contribution in [-0.4, -0.2) is 64.8 Å². The molecular weight excluding hydrogens is 408 g/mol. The van der Waals surface area contributed by atoms with E-state index >= 15 is 0 Å². The molecule has 0 spiro atoms. The molecule has 1 aromatic carbocycles. The lowest BCUT2D eigenvalue weighted by Crippen LogP contribution is -2.53. The van der Waals surface area contributed by atoms with Gasteiger partial charge in [0, 0.05) is 50.1 Å². The second-order valence-corrected chi connectivity index (χ2v) is 8.19. The predicted molar refractivity (Wildman–Crippen MR) is 118 cm³/mol. The summed E-state index contributed by atoms with van der Waals surface area (Å²) >= 11 is 0. The molecule has 0 saturated carbocycles. The van der Waals surface area contributed by atoms with Crippen LogP contribution in [0.1, 0.15) is 41.6 Å². The van der Waals surface area contributed by atoms with Crippen LogP contribution >= 0.6 is 0 Å². The number of nitrogens with zero attached hydrogens (tertiary/aromatic N) is 3. The summed E-state index contributed by atoms with van der Waals surface area (Å²) in [4.78, 5) is 45.9. The number of benzene rings is 1. The molecule has 0 radical (unpaired) electrons. The van der Waals surface area contributed by atoms with Crippen LogP contribution in [0.3, 0.4) is 0 Å². The summed E-state index contributed by atoms with van der Waals surface area (Å²) in [6.07, 6.45) is 5.64. The first kappa shape index (κ1) is 21.8. The molecule has 32 heavy (non-hydrogen) atoms. The number of carbonyl (C=O) groups excluding carboxylic acids is 3. The lowest BCUT2D eigenvalue weighted by atomic mass is 10.0. The van der Waals surface area contributed by atoms with Crippen LogP contribution in [0.15, 0.2) is 48.8 Å². The summed E-state index contributed by atoms with van der Waals surface area (Å²) in [6, 6.07) is 10.4. The lowest BCUT2D eigenvalue weighted by Gasteiger charge is -2.39. The number of nitrogens with one attached hydrogen (secondary N) is 1. The van der Waals surface area contributed by atoms with Gasteiger partial charge in [0.1, 0.15) is 11.8 Å². The van der Waals surface area contributed by atoms with E-state index in [0.29, 0.717) is 56.6 Å². The number of amides is 3. The van der Waals surface area contributed by atoms with Crippen molar-refractivity contribution in [1.82, 2.24) is 20.1 Å². The Balaban J connectivity index is 1.35. The van der Waals surface area contributed by atoms with E-state index in [0.717, 1.165) is 5.56 Å². The van der Waals surface area contributed by atoms with Crippen LogP contribution in [0.4, 0.5) is 0 Å². The molecule has 0 bridgehead atoms. The third-order valence-corrected chi connectivity index (χ3v) is 6.21. The van der Waals surface area contributed by atoms with Gasteiger partial charge in [0.15, 0.2) is 0 Å². The number of methoxy groups -OCH3 is 1. The highest BCUT2D eigenvalue weighted by Gasteiger charge is 2.41. The van der Waals surface area contributed by atoms with E-state index in [-0.39, 0.29) is 23.8 Å². The number of ether oxygens (including phenoxy) is 1.